The molecule has 5 rings (SSSR count). The molecule has 0 N–H and O–H groups in total. The van der Waals surface area contributed by atoms with Gasteiger partial charge in [0, 0.05) is 45.8 Å². The van der Waals surface area contributed by atoms with Crippen molar-refractivity contribution in [2.24, 2.45) is 5.92 Å². The number of fused-ring (bicyclic) bond motifs is 1. The summed E-state index contributed by atoms with van der Waals surface area (Å²) in [5.41, 5.74) is 1.20. The van der Waals surface area contributed by atoms with Crippen LogP contribution < -0.4 is 19.3 Å². The third-order valence-electron chi connectivity index (χ3n) is 6.45. The number of hydrogen-bond donors (Lipinski definition) is 0. The lowest BCUT2D eigenvalue weighted by Gasteiger charge is -2.35. The van der Waals surface area contributed by atoms with Gasteiger partial charge in [-0.05, 0) is 42.9 Å². The van der Waals surface area contributed by atoms with Crippen LogP contribution in [0.15, 0.2) is 24.5 Å². The molecule has 10 nitrogen and oxygen atoms in total. The van der Waals surface area contributed by atoms with E-state index in [4.69, 9.17) is 9.47 Å². The van der Waals surface area contributed by atoms with Gasteiger partial charge in [0.25, 0.3) is 0 Å². The minimum Gasteiger partial charge on any atom is -0.454 e. The first-order valence-electron chi connectivity index (χ1n) is 11.7. The van der Waals surface area contributed by atoms with Crippen LogP contribution in [0.3, 0.4) is 0 Å². The molecule has 1 aromatic heterocycles. The number of hydrogen-bond acceptors (Lipinski definition) is 9. The van der Waals surface area contributed by atoms with Crippen LogP contribution in [-0.4, -0.2) is 65.9 Å². The quantitative estimate of drug-likeness (QED) is 0.418. The molecule has 0 unspecified atom stereocenters. The molecule has 33 heavy (non-hydrogen) atoms. The highest BCUT2D eigenvalue weighted by molar-refractivity contribution is 5.71. The summed E-state index contributed by atoms with van der Waals surface area (Å²) in [4.78, 5) is 27.0. The summed E-state index contributed by atoms with van der Waals surface area (Å²) in [6.07, 6.45) is 4.78. The first-order valence-corrected chi connectivity index (χ1v) is 11.7. The normalized spacial score (nSPS) is 17.9. The van der Waals surface area contributed by atoms with Gasteiger partial charge in [-0.3, -0.25) is 15.0 Å². The van der Waals surface area contributed by atoms with E-state index >= 15 is 0 Å². The van der Waals surface area contributed by atoms with Crippen molar-refractivity contribution < 1.29 is 14.4 Å². The van der Waals surface area contributed by atoms with E-state index in [2.05, 4.69) is 32.8 Å². The molecule has 0 bridgehead atoms. The van der Waals surface area contributed by atoms with Crippen LogP contribution in [0.2, 0.25) is 0 Å². The van der Waals surface area contributed by atoms with Crippen molar-refractivity contribution in [1.82, 2.24) is 14.9 Å². The van der Waals surface area contributed by atoms with Gasteiger partial charge >= 0.3 is 5.69 Å². The lowest BCUT2D eigenvalue weighted by Crippen LogP contribution is -2.46. The van der Waals surface area contributed by atoms with Crippen LogP contribution in [0, 0.1) is 16.0 Å². The first kappa shape index (κ1) is 21.7. The van der Waals surface area contributed by atoms with Gasteiger partial charge in [0.15, 0.2) is 11.5 Å². The molecule has 0 atom stereocenters. The molecule has 1 saturated heterocycles. The molecule has 2 aromatic rings. The van der Waals surface area contributed by atoms with Gasteiger partial charge in [0.2, 0.25) is 18.4 Å². The number of anilines is 2. The summed E-state index contributed by atoms with van der Waals surface area (Å²) in [6.45, 7) is 7.70. The van der Waals surface area contributed by atoms with Crippen molar-refractivity contribution in [2.75, 3.05) is 55.9 Å². The van der Waals surface area contributed by atoms with Crippen molar-refractivity contribution in [2.45, 2.75) is 32.7 Å². The minimum absolute atomic E-state index is 0.0378. The zero-order chi connectivity index (χ0) is 22.8. The predicted molar refractivity (Wildman–Crippen MR) is 124 cm³/mol. The SMILES string of the molecule is CCCN(CC1CC1)c1ncnc(N2CCN(Cc3ccc4c(c3)OCO4)CC2)c1[N+](=O)[O-]. The molecule has 2 aliphatic heterocycles. The summed E-state index contributed by atoms with van der Waals surface area (Å²) in [5.74, 6) is 3.09. The third kappa shape index (κ3) is 4.80. The van der Waals surface area contributed by atoms with E-state index in [-0.39, 0.29) is 17.4 Å². The fourth-order valence-electron chi connectivity index (χ4n) is 4.57. The van der Waals surface area contributed by atoms with Crippen molar-refractivity contribution >= 4 is 17.3 Å². The Morgan fingerprint density at radius 3 is 2.67 bits per heavy atom. The summed E-state index contributed by atoms with van der Waals surface area (Å²) in [5, 5.41) is 12.1. The maximum atomic E-state index is 12.1. The van der Waals surface area contributed by atoms with E-state index in [0.717, 1.165) is 50.6 Å². The Morgan fingerprint density at radius 2 is 1.94 bits per heavy atom. The second-order valence-electron chi connectivity index (χ2n) is 8.97. The van der Waals surface area contributed by atoms with E-state index in [9.17, 15) is 10.1 Å². The highest BCUT2D eigenvalue weighted by Crippen LogP contribution is 2.38. The molecule has 2 fully saturated rings. The second-order valence-corrected chi connectivity index (χ2v) is 8.97. The minimum atomic E-state index is -0.306. The molecule has 3 aliphatic rings. The zero-order valence-electron chi connectivity index (χ0n) is 19.0. The Balaban J connectivity index is 1.29. The molecule has 10 heteroatoms. The fraction of sp³-hybridized carbons (Fsp3) is 0.565. The van der Waals surface area contributed by atoms with Crippen molar-refractivity contribution in [3.05, 3.63) is 40.2 Å². The molecule has 1 aromatic carbocycles. The largest absolute Gasteiger partial charge is 0.454 e. The number of aromatic nitrogens is 2. The number of nitro groups is 1. The average Bonchev–Trinajstić information content (AvgIpc) is 3.52. The highest BCUT2D eigenvalue weighted by Gasteiger charge is 2.33. The molecule has 0 amide bonds. The maximum Gasteiger partial charge on any atom is 0.353 e. The van der Waals surface area contributed by atoms with Crippen LogP contribution in [0.1, 0.15) is 31.7 Å². The summed E-state index contributed by atoms with van der Waals surface area (Å²) >= 11 is 0. The topological polar surface area (TPSA) is 97.1 Å². The molecular formula is C23H30N6O4. The predicted octanol–water partition coefficient (Wildman–Crippen LogP) is 3.06. The van der Waals surface area contributed by atoms with E-state index in [0.29, 0.717) is 30.6 Å². The van der Waals surface area contributed by atoms with Crippen molar-refractivity contribution in [3.8, 4) is 11.5 Å². The molecule has 176 valence electrons. The van der Waals surface area contributed by atoms with Gasteiger partial charge in [-0.25, -0.2) is 9.97 Å². The van der Waals surface area contributed by atoms with Crippen LogP contribution >= 0.6 is 0 Å². The number of piperazine rings is 1. The molecule has 1 aliphatic carbocycles. The number of benzene rings is 1. The van der Waals surface area contributed by atoms with Gasteiger partial charge in [0.05, 0.1) is 4.92 Å². The van der Waals surface area contributed by atoms with E-state index in [1.807, 2.05) is 17.0 Å². The average molecular weight is 455 g/mol. The molecular weight excluding hydrogens is 424 g/mol. The lowest BCUT2D eigenvalue weighted by atomic mass is 10.1. The Hall–Kier alpha value is -3.14. The van der Waals surface area contributed by atoms with Gasteiger partial charge < -0.3 is 19.3 Å². The van der Waals surface area contributed by atoms with Crippen LogP contribution in [0.5, 0.6) is 11.5 Å². The summed E-state index contributed by atoms with van der Waals surface area (Å²) in [7, 11) is 0. The molecule has 0 radical (unpaired) electrons. The lowest BCUT2D eigenvalue weighted by molar-refractivity contribution is -0.383. The van der Waals surface area contributed by atoms with Crippen molar-refractivity contribution in [1.29, 1.82) is 0 Å². The Morgan fingerprint density at radius 1 is 1.15 bits per heavy atom. The van der Waals surface area contributed by atoms with Crippen LogP contribution in [-0.2, 0) is 6.54 Å². The first-order chi connectivity index (χ1) is 16.1. The van der Waals surface area contributed by atoms with Gasteiger partial charge in [-0.2, -0.15) is 0 Å². The monoisotopic (exact) mass is 454 g/mol. The zero-order valence-corrected chi connectivity index (χ0v) is 19.0. The number of rotatable bonds is 9. The van der Waals surface area contributed by atoms with Crippen LogP contribution in [0.25, 0.3) is 0 Å². The van der Waals surface area contributed by atoms with Gasteiger partial charge in [-0.1, -0.05) is 13.0 Å². The smallest absolute Gasteiger partial charge is 0.353 e. The van der Waals surface area contributed by atoms with Gasteiger partial charge in [-0.15, -0.1) is 0 Å². The number of ether oxygens (including phenoxy) is 2. The standard InChI is InChI=1S/C23H30N6O4/c1-2-7-28(14-17-3-4-17)23-21(29(30)31)22(24-15-25-23)27-10-8-26(9-11-27)13-18-5-6-19-20(12-18)33-16-32-19/h5-6,12,15,17H,2-4,7-11,13-14,16H2,1H3. The van der Waals surface area contributed by atoms with Crippen molar-refractivity contribution in [3.63, 3.8) is 0 Å². The maximum absolute atomic E-state index is 12.1. The molecule has 0 spiro atoms. The third-order valence-corrected chi connectivity index (χ3v) is 6.45. The van der Waals surface area contributed by atoms with E-state index in [1.54, 1.807) is 0 Å². The van der Waals surface area contributed by atoms with E-state index in [1.165, 1.54) is 24.7 Å². The fourth-order valence-corrected chi connectivity index (χ4v) is 4.57. The Labute approximate surface area is 193 Å². The second kappa shape index (κ2) is 9.38. The highest BCUT2D eigenvalue weighted by atomic mass is 16.7. The van der Waals surface area contributed by atoms with Crippen LogP contribution in [0.4, 0.5) is 17.3 Å². The Bertz CT molecular complexity index is 1010. The van der Waals surface area contributed by atoms with Gasteiger partial charge in [0.1, 0.15) is 6.33 Å². The van der Waals surface area contributed by atoms with E-state index < -0.39 is 0 Å². The molecule has 1 saturated carbocycles. The number of nitrogens with zero attached hydrogens (tertiary/aromatic N) is 6. The summed E-state index contributed by atoms with van der Waals surface area (Å²) in [6, 6.07) is 6.03. The summed E-state index contributed by atoms with van der Waals surface area (Å²) < 4.78 is 10.9. The molecule has 3 heterocycles. The Kier molecular flexibility index (Phi) is 6.17.